The highest BCUT2D eigenvalue weighted by atomic mass is 16.5. The Kier molecular flexibility index (Phi) is 3.92. The summed E-state index contributed by atoms with van der Waals surface area (Å²) in [5.41, 5.74) is 0.508. The van der Waals surface area contributed by atoms with Crippen molar-refractivity contribution in [3.63, 3.8) is 0 Å². The van der Waals surface area contributed by atoms with E-state index in [0.717, 1.165) is 12.8 Å². The van der Waals surface area contributed by atoms with Crippen LogP contribution in [-0.4, -0.2) is 41.0 Å². The molecule has 0 bridgehead atoms. The highest BCUT2D eigenvalue weighted by Crippen LogP contribution is 2.28. The third-order valence-corrected chi connectivity index (χ3v) is 2.76. The van der Waals surface area contributed by atoms with Crippen molar-refractivity contribution in [2.24, 2.45) is 0 Å². The molecule has 2 rings (SSSR count). The Labute approximate surface area is 106 Å². The van der Waals surface area contributed by atoms with E-state index in [1.165, 1.54) is 6.20 Å². The van der Waals surface area contributed by atoms with E-state index in [0.29, 0.717) is 12.2 Å². The van der Waals surface area contributed by atoms with Gasteiger partial charge in [0.25, 0.3) is 5.91 Å². The molecule has 0 spiro atoms. The lowest BCUT2D eigenvalue weighted by atomic mass is 10.2. The van der Waals surface area contributed by atoms with E-state index < -0.39 is 0 Å². The van der Waals surface area contributed by atoms with Crippen LogP contribution in [0.1, 0.15) is 30.1 Å². The Bertz CT molecular complexity index is 429. The van der Waals surface area contributed by atoms with Crippen LogP contribution in [-0.2, 0) is 9.53 Å². The second-order valence-corrected chi connectivity index (χ2v) is 4.21. The van der Waals surface area contributed by atoms with Gasteiger partial charge in [-0.05, 0) is 31.9 Å². The summed E-state index contributed by atoms with van der Waals surface area (Å²) >= 11 is 0. The normalized spacial score (nSPS) is 14.1. The monoisotopic (exact) mass is 248 g/mol. The quantitative estimate of drug-likeness (QED) is 0.736. The zero-order valence-electron chi connectivity index (χ0n) is 10.3. The molecular weight excluding hydrogens is 232 g/mol. The van der Waals surface area contributed by atoms with E-state index in [9.17, 15) is 9.59 Å². The van der Waals surface area contributed by atoms with E-state index in [2.05, 4.69) is 4.98 Å². The second-order valence-electron chi connectivity index (χ2n) is 4.21. The molecule has 1 aliphatic rings. The number of hydrogen-bond donors (Lipinski definition) is 0. The average Bonchev–Trinajstić information content (AvgIpc) is 3.21. The molecule has 96 valence electrons. The Balaban J connectivity index is 2.06. The van der Waals surface area contributed by atoms with Gasteiger partial charge < -0.3 is 9.64 Å². The molecule has 18 heavy (non-hydrogen) atoms. The van der Waals surface area contributed by atoms with Crippen LogP contribution in [0.4, 0.5) is 0 Å². The van der Waals surface area contributed by atoms with Crippen molar-refractivity contribution in [2.45, 2.75) is 25.8 Å². The highest BCUT2D eigenvalue weighted by Gasteiger charge is 2.34. The van der Waals surface area contributed by atoms with E-state index in [1.807, 2.05) is 0 Å². The summed E-state index contributed by atoms with van der Waals surface area (Å²) in [6.07, 6.45) is 5.03. The van der Waals surface area contributed by atoms with Gasteiger partial charge in [0, 0.05) is 18.4 Å². The number of nitrogens with zero attached hydrogens (tertiary/aromatic N) is 2. The van der Waals surface area contributed by atoms with Crippen molar-refractivity contribution in [2.75, 3.05) is 13.2 Å². The van der Waals surface area contributed by atoms with Crippen molar-refractivity contribution < 1.29 is 14.3 Å². The van der Waals surface area contributed by atoms with Crippen molar-refractivity contribution in [3.8, 4) is 0 Å². The van der Waals surface area contributed by atoms with Gasteiger partial charge in [0.05, 0.1) is 12.2 Å². The van der Waals surface area contributed by atoms with Gasteiger partial charge in [-0.15, -0.1) is 0 Å². The number of aromatic nitrogens is 1. The van der Waals surface area contributed by atoms with E-state index in [1.54, 1.807) is 30.2 Å². The van der Waals surface area contributed by atoms with Crippen LogP contribution in [0.5, 0.6) is 0 Å². The molecule has 0 aliphatic heterocycles. The summed E-state index contributed by atoms with van der Waals surface area (Å²) < 4.78 is 4.89. The first kappa shape index (κ1) is 12.5. The Hall–Kier alpha value is -1.91. The molecule has 5 heteroatoms. The molecule has 1 fully saturated rings. The predicted octanol–water partition coefficient (Wildman–Crippen LogP) is 1.25. The number of rotatable bonds is 5. The molecule has 5 nitrogen and oxygen atoms in total. The second kappa shape index (κ2) is 5.62. The van der Waals surface area contributed by atoms with Gasteiger partial charge in [0.15, 0.2) is 0 Å². The van der Waals surface area contributed by atoms with Crippen LogP contribution in [0.15, 0.2) is 24.5 Å². The number of carbonyl (C=O) groups excluding carboxylic acids is 2. The van der Waals surface area contributed by atoms with Crippen LogP contribution in [0, 0.1) is 0 Å². The molecule has 0 aromatic carbocycles. The van der Waals surface area contributed by atoms with Gasteiger partial charge in [0.1, 0.15) is 6.54 Å². The maximum atomic E-state index is 12.2. The summed E-state index contributed by atoms with van der Waals surface area (Å²) in [5.74, 6) is -0.514. The summed E-state index contributed by atoms with van der Waals surface area (Å²) in [7, 11) is 0. The zero-order valence-corrected chi connectivity index (χ0v) is 10.3. The first-order valence-corrected chi connectivity index (χ1v) is 6.09. The highest BCUT2D eigenvalue weighted by molar-refractivity contribution is 5.96. The number of pyridine rings is 1. The van der Waals surface area contributed by atoms with Crippen LogP contribution in [0.3, 0.4) is 0 Å². The summed E-state index contributed by atoms with van der Waals surface area (Å²) in [5, 5.41) is 0. The fourth-order valence-corrected chi connectivity index (χ4v) is 1.75. The minimum absolute atomic E-state index is 0.0201. The van der Waals surface area contributed by atoms with Crippen LogP contribution in [0.25, 0.3) is 0 Å². The predicted molar refractivity (Wildman–Crippen MR) is 64.9 cm³/mol. The van der Waals surface area contributed by atoms with E-state index in [4.69, 9.17) is 4.74 Å². The number of amides is 1. The molecule has 1 aromatic heterocycles. The van der Waals surface area contributed by atoms with Gasteiger partial charge in [-0.2, -0.15) is 0 Å². The van der Waals surface area contributed by atoms with Crippen molar-refractivity contribution in [3.05, 3.63) is 30.1 Å². The zero-order chi connectivity index (χ0) is 13.0. The average molecular weight is 248 g/mol. The fraction of sp³-hybridized carbons (Fsp3) is 0.462. The van der Waals surface area contributed by atoms with Gasteiger partial charge >= 0.3 is 5.97 Å². The van der Waals surface area contributed by atoms with E-state index >= 15 is 0 Å². The lowest BCUT2D eigenvalue weighted by molar-refractivity contribution is -0.144. The molecule has 0 N–H and O–H groups in total. The van der Waals surface area contributed by atoms with Gasteiger partial charge in [-0.25, -0.2) is 0 Å². The van der Waals surface area contributed by atoms with Crippen LogP contribution < -0.4 is 0 Å². The minimum atomic E-state index is -0.360. The SMILES string of the molecule is CCOC(=O)CN(C(=O)c1cccnc1)C1CC1. The van der Waals surface area contributed by atoms with Crippen LogP contribution in [0.2, 0.25) is 0 Å². The summed E-state index contributed by atoms with van der Waals surface area (Å²) in [6, 6.07) is 3.58. The molecule has 0 atom stereocenters. The molecule has 0 unspecified atom stereocenters. The first-order valence-electron chi connectivity index (χ1n) is 6.09. The topological polar surface area (TPSA) is 59.5 Å². The van der Waals surface area contributed by atoms with Crippen LogP contribution >= 0.6 is 0 Å². The number of esters is 1. The Morgan fingerprint density at radius 2 is 2.28 bits per heavy atom. The molecule has 1 amide bonds. The Morgan fingerprint density at radius 3 is 2.83 bits per heavy atom. The van der Waals surface area contributed by atoms with E-state index in [-0.39, 0.29) is 24.5 Å². The smallest absolute Gasteiger partial charge is 0.325 e. The van der Waals surface area contributed by atoms with Gasteiger partial charge in [0.2, 0.25) is 0 Å². The number of ether oxygens (including phenoxy) is 1. The first-order chi connectivity index (χ1) is 8.72. The minimum Gasteiger partial charge on any atom is -0.465 e. The Morgan fingerprint density at radius 1 is 1.50 bits per heavy atom. The number of hydrogen-bond acceptors (Lipinski definition) is 4. The summed E-state index contributed by atoms with van der Waals surface area (Å²) in [6.45, 7) is 2.10. The largest absolute Gasteiger partial charge is 0.465 e. The molecule has 0 saturated heterocycles. The molecule has 1 heterocycles. The molecule has 0 radical (unpaired) electrons. The lowest BCUT2D eigenvalue weighted by Gasteiger charge is -2.21. The fourth-order valence-electron chi connectivity index (χ4n) is 1.75. The van der Waals surface area contributed by atoms with Crippen molar-refractivity contribution in [1.82, 2.24) is 9.88 Å². The van der Waals surface area contributed by atoms with Gasteiger partial charge in [-0.1, -0.05) is 0 Å². The third kappa shape index (κ3) is 3.06. The van der Waals surface area contributed by atoms with Gasteiger partial charge in [-0.3, -0.25) is 14.6 Å². The summed E-state index contributed by atoms with van der Waals surface area (Å²) in [4.78, 5) is 29.2. The van der Waals surface area contributed by atoms with Crippen molar-refractivity contribution >= 4 is 11.9 Å². The number of carbonyl (C=O) groups is 2. The molecule has 1 aromatic rings. The maximum absolute atomic E-state index is 12.2. The lowest BCUT2D eigenvalue weighted by Crippen LogP contribution is -2.38. The standard InChI is InChI=1S/C13H16N2O3/c1-2-18-12(16)9-15(11-5-6-11)13(17)10-4-3-7-14-8-10/h3-4,7-8,11H,2,5-6,9H2,1H3. The molecular formula is C13H16N2O3. The molecule has 1 aliphatic carbocycles. The third-order valence-electron chi connectivity index (χ3n) is 2.76. The maximum Gasteiger partial charge on any atom is 0.325 e. The van der Waals surface area contributed by atoms with Crippen molar-refractivity contribution in [1.29, 1.82) is 0 Å². The molecule has 1 saturated carbocycles.